The van der Waals surface area contributed by atoms with E-state index in [1.807, 2.05) is 0 Å². The monoisotopic (exact) mass is 429 g/mol. The molecule has 2 N–H and O–H groups in total. The molecule has 0 heterocycles. The van der Waals surface area contributed by atoms with Crippen LogP contribution < -0.4 is 15.5 Å². The van der Waals surface area contributed by atoms with Crippen molar-refractivity contribution in [1.82, 2.24) is 5.32 Å². The molecule has 3 amide bonds. The van der Waals surface area contributed by atoms with Crippen molar-refractivity contribution in [2.24, 2.45) is 0 Å². The van der Waals surface area contributed by atoms with Crippen LogP contribution in [0.2, 0.25) is 5.02 Å². The van der Waals surface area contributed by atoms with Crippen LogP contribution in [0.25, 0.3) is 0 Å². The summed E-state index contributed by atoms with van der Waals surface area (Å²) in [6, 6.07) is 16.8. The highest BCUT2D eigenvalue weighted by atomic mass is 35.5. The van der Waals surface area contributed by atoms with Gasteiger partial charge in [-0.3, -0.25) is 9.69 Å². The van der Waals surface area contributed by atoms with Crippen LogP contribution >= 0.6 is 11.6 Å². The average Bonchev–Trinajstić information content (AvgIpc) is 2.74. The van der Waals surface area contributed by atoms with Crippen LogP contribution in [-0.4, -0.2) is 25.0 Å². The first kappa shape index (κ1) is 21.3. The molecule has 0 fully saturated rings. The fraction of sp³-hybridized carbons (Fsp3) is 0.0909. The van der Waals surface area contributed by atoms with Gasteiger partial charge in [-0.25, -0.2) is 13.6 Å². The number of anilines is 2. The number of halogens is 3. The highest BCUT2D eigenvalue weighted by molar-refractivity contribution is 6.30. The van der Waals surface area contributed by atoms with Gasteiger partial charge in [0, 0.05) is 29.4 Å². The number of urea groups is 1. The third-order valence-corrected chi connectivity index (χ3v) is 4.48. The second-order valence-electron chi connectivity index (χ2n) is 6.30. The fourth-order valence-electron chi connectivity index (χ4n) is 2.70. The Labute approximate surface area is 177 Å². The highest BCUT2D eigenvalue weighted by Gasteiger charge is 2.18. The number of amides is 3. The van der Waals surface area contributed by atoms with E-state index in [0.717, 1.165) is 0 Å². The number of rotatable bonds is 6. The first-order valence-corrected chi connectivity index (χ1v) is 9.44. The SMILES string of the molecule is O=C(NCCN(C(=O)Nc1ccccc1F)c1ccc(F)cc1)c1ccc(Cl)cc1. The molecule has 0 spiro atoms. The lowest BCUT2D eigenvalue weighted by molar-refractivity contribution is 0.0954. The maximum absolute atomic E-state index is 13.9. The second-order valence-corrected chi connectivity index (χ2v) is 6.74. The summed E-state index contributed by atoms with van der Waals surface area (Å²) in [5, 5.41) is 5.71. The topological polar surface area (TPSA) is 61.4 Å². The molecule has 0 aliphatic carbocycles. The minimum atomic E-state index is -0.618. The van der Waals surface area contributed by atoms with E-state index in [-0.39, 0.29) is 24.7 Å². The number of para-hydroxylation sites is 1. The van der Waals surface area contributed by atoms with Crippen molar-refractivity contribution in [2.45, 2.75) is 0 Å². The van der Waals surface area contributed by atoms with Gasteiger partial charge in [0.1, 0.15) is 11.6 Å². The maximum atomic E-state index is 13.9. The lowest BCUT2D eigenvalue weighted by Crippen LogP contribution is -2.41. The summed E-state index contributed by atoms with van der Waals surface area (Å²) >= 11 is 5.82. The standard InChI is InChI=1S/C22H18ClF2N3O2/c23-16-7-5-15(6-8-16)21(29)26-13-14-28(18-11-9-17(24)10-12-18)22(30)27-20-4-2-1-3-19(20)25/h1-12H,13-14H2,(H,26,29)(H,27,30). The summed E-state index contributed by atoms with van der Waals surface area (Å²) in [6.45, 7) is 0.189. The van der Waals surface area contributed by atoms with Crippen molar-refractivity contribution in [2.75, 3.05) is 23.3 Å². The molecule has 0 aliphatic heterocycles. The van der Waals surface area contributed by atoms with Gasteiger partial charge < -0.3 is 10.6 Å². The summed E-state index contributed by atoms with van der Waals surface area (Å²) in [7, 11) is 0. The average molecular weight is 430 g/mol. The highest BCUT2D eigenvalue weighted by Crippen LogP contribution is 2.18. The fourth-order valence-corrected chi connectivity index (χ4v) is 2.82. The van der Waals surface area contributed by atoms with E-state index >= 15 is 0 Å². The molecule has 0 unspecified atom stereocenters. The molecule has 0 aromatic heterocycles. The van der Waals surface area contributed by atoms with Crippen molar-refractivity contribution in [3.63, 3.8) is 0 Å². The zero-order valence-corrected chi connectivity index (χ0v) is 16.5. The van der Waals surface area contributed by atoms with E-state index < -0.39 is 17.7 Å². The van der Waals surface area contributed by atoms with Crippen molar-refractivity contribution >= 4 is 34.9 Å². The van der Waals surface area contributed by atoms with Crippen LogP contribution in [-0.2, 0) is 0 Å². The summed E-state index contributed by atoms with van der Waals surface area (Å²) in [4.78, 5) is 26.3. The van der Waals surface area contributed by atoms with E-state index in [9.17, 15) is 18.4 Å². The molecule has 0 radical (unpaired) electrons. The Morgan fingerprint density at radius 2 is 1.57 bits per heavy atom. The van der Waals surface area contributed by atoms with Crippen molar-refractivity contribution in [1.29, 1.82) is 0 Å². The number of carbonyl (C=O) groups is 2. The molecule has 5 nitrogen and oxygen atoms in total. The molecule has 0 aliphatic rings. The smallest absolute Gasteiger partial charge is 0.326 e. The number of benzene rings is 3. The molecule has 0 saturated heterocycles. The van der Waals surface area contributed by atoms with Gasteiger partial charge in [0.2, 0.25) is 0 Å². The molecule has 0 bridgehead atoms. The van der Waals surface area contributed by atoms with Gasteiger partial charge in [-0.2, -0.15) is 0 Å². The summed E-state index contributed by atoms with van der Waals surface area (Å²) in [5.41, 5.74) is 0.828. The first-order chi connectivity index (χ1) is 14.4. The van der Waals surface area contributed by atoms with Crippen molar-refractivity contribution < 1.29 is 18.4 Å². The Morgan fingerprint density at radius 3 is 2.23 bits per heavy atom. The molecule has 0 atom stereocenters. The normalized spacial score (nSPS) is 10.4. The van der Waals surface area contributed by atoms with Gasteiger partial charge in [0.25, 0.3) is 5.91 Å². The van der Waals surface area contributed by atoms with Gasteiger partial charge >= 0.3 is 6.03 Å². The van der Waals surface area contributed by atoms with Crippen molar-refractivity contribution in [3.05, 3.63) is 95.0 Å². The molecule has 3 aromatic rings. The Hall–Kier alpha value is -3.45. The molecule has 154 valence electrons. The zero-order valence-electron chi connectivity index (χ0n) is 15.7. The van der Waals surface area contributed by atoms with Gasteiger partial charge in [-0.1, -0.05) is 23.7 Å². The molecule has 3 rings (SSSR count). The second kappa shape index (κ2) is 9.84. The molecular weight excluding hydrogens is 412 g/mol. The predicted molar refractivity (Wildman–Crippen MR) is 113 cm³/mol. The summed E-state index contributed by atoms with van der Waals surface area (Å²) < 4.78 is 27.2. The number of carbonyl (C=O) groups excluding carboxylic acids is 2. The Morgan fingerprint density at radius 1 is 0.900 bits per heavy atom. The third kappa shape index (κ3) is 5.55. The maximum Gasteiger partial charge on any atom is 0.326 e. The third-order valence-electron chi connectivity index (χ3n) is 4.23. The van der Waals surface area contributed by atoms with Crippen LogP contribution in [0.15, 0.2) is 72.8 Å². The molecule has 8 heteroatoms. The minimum Gasteiger partial charge on any atom is -0.350 e. The number of nitrogens with zero attached hydrogens (tertiary/aromatic N) is 1. The van der Waals surface area contributed by atoms with E-state index in [2.05, 4.69) is 10.6 Å². The quantitative estimate of drug-likeness (QED) is 0.573. The summed E-state index contributed by atoms with van der Waals surface area (Å²) in [5.74, 6) is -1.37. The van der Waals surface area contributed by atoms with Gasteiger partial charge in [-0.05, 0) is 60.7 Å². The Kier molecular flexibility index (Phi) is 6.98. The number of hydrogen-bond acceptors (Lipinski definition) is 2. The summed E-state index contributed by atoms with van der Waals surface area (Å²) in [6.07, 6.45) is 0. The van der Waals surface area contributed by atoms with E-state index in [0.29, 0.717) is 16.3 Å². The minimum absolute atomic E-state index is 0.0137. The van der Waals surface area contributed by atoms with Crippen LogP contribution in [0.1, 0.15) is 10.4 Å². The molecule has 0 saturated carbocycles. The number of hydrogen-bond donors (Lipinski definition) is 2. The van der Waals surface area contributed by atoms with Gasteiger partial charge in [-0.15, -0.1) is 0 Å². The molecule has 3 aromatic carbocycles. The van der Waals surface area contributed by atoms with E-state index in [1.54, 1.807) is 30.3 Å². The van der Waals surface area contributed by atoms with Crippen LogP contribution in [0, 0.1) is 11.6 Å². The van der Waals surface area contributed by atoms with E-state index in [4.69, 9.17) is 11.6 Å². The Bertz CT molecular complexity index is 1030. The lowest BCUT2D eigenvalue weighted by atomic mass is 10.2. The van der Waals surface area contributed by atoms with Crippen LogP contribution in [0.5, 0.6) is 0 Å². The zero-order chi connectivity index (χ0) is 21.5. The van der Waals surface area contributed by atoms with Crippen LogP contribution in [0.4, 0.5) is 25.0 Å². The van der Waals surface area contributed by atoms with E-state index in [1.165, 1.54) is 47.4 Å². The van der Waals surface area contributed by atoms with Crippen molar-refractivity contribution in [3.8, 4) is 0 Å². The van der Waals surface area contributed by atoms with Gasteiger partial charge in [0.05, 0.1) is 5.69 Å². The first-order valence-electron chi connectivity index (χ1n) is 9.06. The van der Waals surface area contributed by atoms with Crippen LogP contribution in [0.3, 0.4) is 0 Å². The predicted octanol–water partition coefficient (Wildman–Crippen LogP) is 5.09. The molecule has 30 heavy (non-hydrogen) atoms. The van der Waals surface area contributed by atoms with Gasteiger partial charge in [0.15, 0.2) is 0 Å². The molecular formula is C22H18ClF2N3O2. The largest absolute Gasteiger partial charge is 0.350 e. The number of nitrogens with one attached hydrogen (secondary N) is 2. The Balaban J connectivity index is 1.70. The lowest BCUT2D eigenvalue weighted by Gasteiger charge is -2.23.